The average molecular weight is 279 g/mol. The zero-order chi connectivity index (χ0) is 15.0. The maximum Gasteiger partial charge on any atom is 0.187 e. The van der Waals surface area contributed by atoms with Gasteiger partial charge in [-0.15, -0.1) is 5.10 Å². The van der Waals surface area contributed by atoms with Crippen LogP contribution >= 0.6 is 0 Å². The fourth-order valence-corrected chi connectivity index (χ4v) is 2.27. The standard InChI is InChI=1S/C16H17N5/c1-10-5-7-14(8-12(10)3)21-16(18-19-20-21)15-9-13(17)6-4-11(15)2/h4-9H,17H2,1-3H3. The summed E-state index contributed by atoms with van der Waals surface area (Å²) in [5.74, 6) is 0.697. The first kappa shape index (κ1) is 13.3. The maximum atomic E-state index is 5.89. The van der Waals surface area contributed by atoms with Gasteiger partial charge in [-0.05, 0) is 72.2 Å². The molecular formula is C16H17N5. The zero-order valence-electron chi connectivity index (χ0n) is 12.3. The zero-order valence-corrected chi connectivity index (χ0v) is 12.3. The number of nitrogens with two attached hydrogens (primary N) is 1. The summed E-state index contributed by atoms with van der Waals surface area (Å²) in [6, 6.07) is 11.9. The van der Waals surface area contributed by atoms with Crippen LogP contribution < -0.4 is 5.73 Å². The van der Waals surface area contributed by atoms with Crippen molar-refractivity contribution in [1.82, 2.24) is 20.2 Å². The number of aromatic nitrogens is 4. The maximum absolute atomic E-state index is 5.89. The van der Waals surface area contributed by atoms with Crippen LogP contribution in [0.15, 0.2) is 36.4 Å². The molecule has 0 atom stereocenters. The Kier molecular flexibility index (Phi) is 3.17. The third-order valence-corrected chi connectivity index (χ3v) is 3.71. The molecule has 0 aliphatic heterocycles. The van der Waals surface area contributed by atoms with Gasteiger partial charge >= 0.3 is 0 Å². The van der Waals surface area contributed by atoms with E-state index in [9.17, 15) is 0 Å². The van der Waals surface area contributed by atoms with Crippen molar-refractivity contribution in [2.24, 2.45) is 0 Å². The Labute approximate surface area is 123 Å². The van der Waals surface area contributed by atoms with Crippen molar-refractivity contribution in [3.63, 3.8) is 0 Å². The van der Waals surface area contributed by atoms with Gasteiger partial charge in [-0.25, -0.2) is 0 Å². The van der Waals surface area contributed by atoms with Gasteiger partial charge in [0, 0.05) is 11.3 Å². The summed E-state index contributed by atoms with van der Waals surface area (Å²) < 4.78 is 1.74. The molecule has 3 rings (SSSR count). The fourth-order valence-electron chi connectivity index (χ4n) is 2.27. The van der Waals surface area contributed by atoms with Crippen molar-refractivity contribution in [2.75, 3.05) is 5.73 Å². The summed E-state index contributed by atoms with van der Waals surface area (Å²) in [6.07, 6.45) is 0. The Morgan fingerprint density at radius 2 is 1.67 bits per heavy atom. The van der Waals surface area contributed by atoms with E-state index in [2.05, 4.69) is 41.5 Å². The first-order chi connectivity index (χ1) is 10.1. The average Bonchev–Trinajstić information content (AvgIpc) is 2.93. The van der Waals surface area contributed by atoms with E-state index in [0.29, 0.717) is 11.5 Å². The van der Waals surface area contributed by atoms with Crippen molar-refractivity contribution in [1.29, 1.82) is 0 Å². The smallest absolute Gasteiger partial charge is 0.187 e. The number of anilines is 1. The second kappa shape index (κ2) is 5.01. The highest BCUT2D eigenvalue weighted by Crippen LogP contribution is 2.25. The summed E-state index contributed by atoms with van der Waals surface area (Å²) in [4.78, 5) is 0. The van der Waals surface area contributed by atoms with Crippen LogP contribution in [-0.2, 0) is 0 Å². The SMILES string of the molecule is Cc1ccc(-n2nnnc2-c2cc(N)ccc2C)cc1C. The molecule has 0 aliphatic carbocycles. The molecule has 0 aliphatic rings. The molecule has 0 amide bonds. The minimum Gasteiger partial charge on any atom is -0.399 e. The summed E-state index contributed by atoms with van der Waals surface area (Å²) in [5, 5.41) is 12.1. The minimum atomic E-state index is 0.697. The van der Waals surface area contributed by atoms with E-state index in [4.69, 9.17) is 5.73 Å². The highest BCUT2D eigenvalue weighted by molar-refractivity contribution is 5.66. The van der Waals surface area contributed by atoms with Gasteiger partial charge in [0.25, 0.3) is 0 Å². The molecule has 2 N–H and O–H groups in total. The fraction of sp³-hybridized carbons (Fsp3) is 0.188. The van der Waals surface area contributed by atoms with Crippen LogP contribution in [-0.4, -0.2) is 20.2 Å². The van der Waals surface area contributed by atoms with E-state index in [0.717, 1.165) is 16.8 Å². The molecule has 106 valence electrons. The van der Waals surface area contributed by atoms with Crippen molar-refractivity contribution in [3.8, 4) is 17.1 Å². The lowest BCUT2D eigenvalue weighted by Gasteiger charge is -2.09. The second-order valence-corrected chi connectivity index (χ2v) is 5.26. The van der Waals surface area contributed by atoms with Crippen molar-refractivity contribution in [3.05, 3.63) is 53.1 Å². The van der Waals surface area contributed by atoms with E-state index in [1.165, 1.54) is 11.1 Å². The largest absolute Gasteiger partial charge is 0.399 e. The van der Waals surface area contributed by atoms with Crippen LogP contribution in [0.2, 0.25) is 0 Å². The van der Waals surface area contributed by atoms with E-state index < -0.39 is 0 Å². The quantitative estimate of drug-likeness (QED) is 0.732. The second-order valence-electron chi connectivity index (χ2n) is 5.26. The summed E-state index contributed by atoms with van der Waals surface area (Å²) in [5.41, 5.74) is 12.0. The van der Waals surface area contributed by atoms with Gasteiger partial charge < -0.3 is 5.73 Å². The third kappa shape index (κ3) is 2.38. The third-order valence-electron chi connectivity index (χ3n) is 3.71. The summed E-state index contributed by atoms with van der Waals surface area (Å²) in [7, 11) is 0. The van der Waals surface area contributed by atoms with Gasteiger partial charge in [0.2, 0.25) is 0 Å². The molecule has 3 aromatic rings. The van der Waals surface area contributed by atoms with Gasteiger partial charge in [0.1, 0.15) is 0 Å². The van der Waals surface area contributed by atoms with Gasteiger partial charge in [0.15, 0.2) is 5.82 Å². The molecule has 0 unspecified atom stereocenters. The number of aryl methyl sites for hydroxylation is 3. The summed E-state index contributed by atoms with van der Waals surface area (Å²) in [6.45, 7) is 6.18. The van der Waals surface area contributed by atoms with E-state index in [1.807, 2.05) is 31.2 Å². The molecule has 0 radical (unpaired) electrons. The van der Waals surface area contributed by atoms with Crippen LogP contribution in [0.1, 0.15) is 16.7 Å². The topological polar surface area (TPSA) is 69.6 Å². The first-order valence-electron chi connectivity index (χ1n) is 6.79. The Balaban J connectivity index is 2.17. The Morgan fingerprint density at radius 1 is 0.905 bits per heavy atom. The van der Waals surface area contributed by atoms with Crippen molar-refractivity contribution >= 4 is 5.69 Å². The van der Waals surface area contributed by atoms with Crippen molar-refractivity contribution in [2.45, 2.75) is 20.8 Å². The summed E-state index contributed by atoms with van der Waals surface area (Å²) >= 11 is 0. The van der Waals surface area contributed by atoms with Gasteiger partial charge in [-0.2, -0.15) is 4.68 Å². The van der Waals surface area contributed by atoms with Crippen LogP contribution in [0.3, 0.4) is 0 Å². The van der Waals surface area contributed by atoms with Gasteiger partial charge in [-0.1, -0.05) is 12.1 Å². The first-order valence-corrected chi connectivity index (χ1v) is 6.79. The molecule has 0 saturated carbocycles. The normalized spacial score (nSPS) is 10.8. The highest BCUT2D eigenvalue weighted by atomic mass is 15.5. The molecule has 2 aromatic carbocycles. The molecule has 5 heteroatoms. The van der Waals surface area contributed by atoms with Crippen LogP contribution in [0.4, 0.5) is 5.69 Å². The molecule has 0 spiro atoms. The Bertz CT molecular complexity index is 804. The molecule has 1 aromatic heterocycles. The van der Waals surface area contributed by atoms with E-state index in [-0.39, 0.29) is 0 Å². The molecule has 0 bridgehead atoms. The van der Waals surface area contributed by atoms with E-state index >= 15 is 0 Å². The van der Waals surface area contributed by atoms with Gasteiger partial charge in [-0.3, -0.25) is 0 Å². The molecule has 1 heterocycles. The minimum absolute atomic E-state index is 0.697. The molecule has 5 nitrogen and oxygen atoms in total. The highest BCUT2D eigenvalue weighted by Gasteiger charge is 2.13. The molecule has 0 saturated heterocycles. The van der Waals surface area contributed by atoms with Crippen LogP contribution in [0.25, 0.3) is 17.1 Å². The Morgan fingerprint density at radius 3 is 2.43 bits per heavy atom. The molecule has 21 heavy (non-hydrogen) atoms. The van der Waals surface area contributed by atoms with Crippen LogP contribution in [0.5, 0.6) is 0 Å². The lowest BCUT2D eigenvalue weighted by Crippen LogP contribution is -2.02. The lowest BCUT2D eigenvalue weighted by molar-refractivity contribution is 0.790. The predicted molar refractivity (Wildman–Crippen MR) is 83.2 cm³/mol. The Hall–Kier alpha value is -2.69. The number of nitrogen functional groups attached to an aromatic ring is 1. The number of hydrogen-bond donors (Lipinski definition) is 1. The number of tetrazole rings is 1. The number of hydrogen-bond acceptors (Lipinski definition) is 4. The van der Waals surface area contributed by atoms with E-state index in [1.54, 1.807) is 4.68 Å². The lowest BCUT2D eigenvalue weighted by atomic mass is 10.1. The molecular weight excluding hydrogens is 262 g/mol. The van der Waals surface area contributed by atoms with Crippen molar-refractivity contribution < 1.29 is 0 Å². The molecule has 0 fully saturated rings. The van der Waals surface area contributed by atoms with Gasteiger partial charge in [0.05, 0.1) is 5.69 Å². The predicted octanol–water partition coefficient (Wildman–Crippen LogP) is 2.84. The van der Waals surface area contributed by atoms with Crippen LogP contribution in [0, 0.1) is 20.8 Å². The number of nitrogens with zero attached hydrogens (tertiary/aromatic N) is 4. The number of rotatable bonds is 2. The monoisotopic (exact) mass is 279 g/mol. The number of benzene rings is 2.